The van der Waals surface area contributed by atoms with E-state index in [0.29, 0.717) is 22.2 Å². The average molecular weight is 263 g/mol. The fourth-order valence-electron chi connectivity index (χ4n) is 1.30. The van der Waals surface area contributed by atoms with Crippen LogP contribution in [0.15, 0.2) is 23.4 Å². The van der Waals surface area contributed by atoms with Crippen LogP contribution in [0, 0.1) is 0 Å². The van der Waals surface area contributed by atoms with E-state index in [0.717, 1.165) is 0 Å². The average Bonchev–Trinajstić information content (AvgIpc) is 2.26. The second kappa shape index (κ2) is 5.94. The van der Waals surface area contributed by atoms with Gasteiger partial charge in [0, 0.05) is 22.2 Å². The normalized spacial score (nSPS) is 13.8. The summed E-state index contributed by atoms with van der Waals surface area (Å²) in [6, 6.07) is 5.04. The van der Waals surface area contributed by atoms with Crippen LogP contribution in [-0.2, 0) is 4.74 Å². The molecule has 0 saturated heterocycles. The number of amidine groups is 1. The highest BCUT2D eigenvalue weighted by molar-refractivity contribution is 6.36. The van der Waals surface area contributed by atoms with Gasteiger partial charge in [0.2, 0.25) is 0 Å². The monoisotopic (exact) mass is 262 g/mol. The number of hydrogen-bond donors (Lipinski definition) is 2. The molecule has 1 rings (SSSR count). The van der Waals surface area contributed by atoms with Gasteiger partial charge in [-0.15, -0.1) is 0 Å². The van der Waals surface area contributed by atoms with Crippen LogP contribution >= 0.6 is 23.2 Å². The highest BCUT2D eigenvalue weighted by Crippen LogP contribution is 2.32. The minimum Gasteiger partial charge on any atom is -0.409 e. The minimum atomic E-state index is -0.740. The molecule has 0 saturated carbocycles. The lowest BCUT2D eigenvalue weighted by Gasteiger charge is -2.18. The van der Waals surface area contributed by atoms with Crippen LogP contribution in [0.3, 0.4) is 0 Å². The molecule has 0 radical (unpaired) electrons. The van der Waals surface area contributed by atoms with E-state index in [1.807, 2.05) is 0 Å². The first-order chi connectivity index (χ1) is 7.61. The summed E-state index contributed by atoms with van der Waals surface area (Å²) in [5.41, 5.74) is 6.03. The third kappa shape index (κ3) is 2.78. The van der Waals surface area contributed by atoms with Crippen molar-refractivity contribution in [1.82, 2.24) is 0 Å². The van der Waals surface area contributed by atoms with Crippen molar-refractivity contribution in [3.8, 4) is 0 Å². The number of oxime groups is 1. The smallest absolute Gasteiger partial charge is 0.173 e. The van der Waals surface area contributed by atoms with E-state index >= 15 is 0 Å². The molecule has 0 spiro atoms. The molecule has 1 atom stereocenters. The van der Waals surface area contributed by atoms with Crippen molar-refractivity contribution in [3.63, 3.8) is 0 Å². The number of nitrogens with zero attached hydrogens (tertiary/aromatic N) is 1. The number of nitrogens with two attached hydrogens (primary N) is 1. The van der Waals surface area contributed by atoms with Crippen LogP contribution in [0.1, 0.15) is 18.6 Å². The quantitative estimate of drug-likeness (QED) is 0.380. The first kappa shape index (κ1) is 13.1. The van der Waals surface area contributed by atoms with Crippen molar-refractivity contribution < 1.29 is 9.94 Å². The molecule has 0 heterocycles. The van der Waals surface area contributed by atoms with Gasteiger partial charge in [0.05, 0.1) is 0 Å². The van der Waals surface area contributed by atoms with Gasteiger partial charge < -0.3 is 15.7 Å². The van der Waals surface area contributed by atoms with E-state index in [4.69, 9.17) is 38.9 Å². The maximum absolute atomic E-state index is 8.67. The molecule has 16 heavy (non-hydrogen) atoms. The van der Waals surface area contributed by atoms with Crippen molar-refractivity contribution in [2.24, 2.45) is 10.9 Å². The molecular weight excluding hydrogens is 251 g/mol. The molecule has 88 valence electrons. The Labute approximate surface area is 104 Å². The topological polar surface area (TPSA) is 67.8 Å². The first-order valence-electron chi connectivity index (χ1n) is 4.64. The summed E-state index contributed by atoms with van der Waals surface area (Å²) in [6.07, 6.45) is -0.740. The van der Waals surface area contributed by atoms with Gasteiger partial charge in [-0.2, -0.15) is 0 Å². The Morgan fingerprint density at radius 1 is 1.50 bits per heavy atom. The lowest BCUT2D eigenvalue weighted by atomic mass is 10.1. The van der Waals surface area contributed by atoms with E-state index < -0.39 is 6.10 Å². The van der Waals surface area contributed by atoms with Crippen LogP contribution in [0.2, 0.25) is 10.0 Å². The van der Waals surface area contributed by atoms with Gasteiger partial charge in [-0.1, -0.05) is 34.4 Å². The molecular formula is C10H12Cl2N2O2. The van der Waals surface area contributed by atoms with Crippen LogP contribution in [0.25, 0.3) is 0 Å². The molecule has 0 aromatic heterocycles. The summed E-state index contributed by atoms with van der Waals surface area (Å²) in [5.74, 6) is -0.0862. The summed E-state index contributed by atoms with van der Waals surface area (Å²) < 4.78 is 5.36. The molecule has 1 unspecified atom stereocenters. The highest BCUT2D eigenvalue weighted by atomic mass is 35.5. The molecule has 0 aliphatic carbocycles. The van der Waals surface area contributed by atoms with Gasteiger partial charge in [-0.05, 0) is 19.1 Å². The number of benzene rings is 1. The molecule has 1 aromatic rings. The van der Waals surface area contributed by atoms with Crippen LogP contribution in [-0.4, -0.2) is 17.6 Å². The van der Waals surface area contributed by atoms with Gasteiger partial charge in [-0.25, -0.2) is 0 Å². The Morgan fingerprint density at radius 2 is 2.06 bits per heavy atom. The lowest BCUT2D eigenvalue weighted by molar-refractivity contribution is 0.106. The van der Waals surface area contributed by atoms with E-state index in [-0.39, 0.29) is 5.84 Å². The van der Waals surface area contributed by atoms with Crippen molar-refractivity contribution >= 4 is 29.0 Å². The number of hydrogen-bond acceptors (Lipinski definition) is 3. The molecule has 6 heteroatoms. The zero-order valence-corrected chi connectivity index (χ0v) is 10.2. The van der Waals surface area contributed by atoms with Gasteiger partial charge >= 0.3 is 0 Å². The predicted octanol–water partition coefficient (Wildman–Crippen LogP) is 2.82. The fraction of sp³-hybridized carbons (Fsp3) is 0.300. The summed E-state index contributed by atoms with van der Waals surface area (Å²) in [7, 11) is 0. The zero-order valence-electron chi connectivity index (χ0n) is 8.65. The maximum Gasteiger partial charge on any atom is 0.173 e. The molecule has 4 nitrogen and oxygen atoms in total. The Hall–Kier alpha value is -0.970. The standard InChI is InChI=1S/C10H12Cl2N2O2/c1-2-16-9(10(13)14-15)8-6(11)4-3-5-7(8)12/h3-5,9,15H,2H2,1H3,(H2,13,14). The van der Waals surface area contributed by atoms with Gasteiger partial charge in [0.1, 0.15) is 6.10 Å². The Bertz CT molecular complexity index is 376. The second-order valence-corrected chi connectivity index (χ2v) is 3.81. The van der Waals surface area contributed by atoms with Crippen molar-refractivity contribution in [1.29, 1.82) is 0 Å². The molecule has 0 aliphatic heterocycles. The van der Waals surface area contributed by atoms with Crippen molar-refractivity contribution in [2.45, 2.75) is 13.0 Å². The third-order valence-electron chi connectivity index (χ3n) is 1.98. The Morgan fingerprint density at radius 3 is 2.50 bits per heavy atom. The summed E-state index contributed by atoms with van der Waals surface area (Å²) in [6.45, 7) is 2.19. The summed E-state index contributed by atoms with van der Waals surface area (Å²) in [4.78, 5) is 0. The lowest BCUT2D eigenvalue weighted by Crippen LogP contribution is -2.25. The third-order valence-corrected chi connectivity index (χ3v) is 2.64. The summed E-state index contributed by atoms with van der Waals surface area (Å²) >= 11 is 12.0. The molecule has 3 N–H and O–H groups in total. The predicted molar refractivity (Wildman–Crippen MR) is 64.2 cm³/mol. The van der Waals surface area contributed by atoms with Crippen molar-refractivity contribution in [3.05, 3.63) is 33.8 Å². The summed E-state index contributed by atoms with van der Waals surface area (Å²) in [5, 5.41) is 12.4. The van der Waals surface area contributed by atoms with Crippen LogP contribution in [0.4, 0.5) is 0 Å². The first-order valence-corrected chi connectivity index (χ1v) is 5.40. The van der Waals surface area contributed by atoms with Gasteiger partial charge in [0.15, 0.2) is 5.84 Å². The fourth-order valence-corrected chi connectivity index (χ4v) is 1.89. The minimum absolute atomic E-state index is 0.0862. The largest absolute Gasteiger partial charge is 0.409 e. The van der Waals surface area contributed by atoms with Gasteiger partial charge in [-0.3, -0.25) is 0 Å². The molecule has 0 fully saturated rings. The highest BCUT2D eigenvalue weighted by Gasteiger charge is 2.22. The maximum atomic E-state index is 8.67. The SMILES string of the molecule is CCOC(C(N)=NO)c1c(Cl)cccc1Cl. The van der Waals surface area contributed by atoms with E-state index in [9.17, 15) is 0 Å². The molecule has 0 aliphatic rings. The van der Waals surface area contributed by atoms with Crippen molar-refractivity contribution in [2.75, 3.05) is 6.61 Å². The van der Waals surface area contributed by atoms with E-state index in [1.165, 1.54) is 0 Å². The van der Waals surface area contributed by atoms with E-state index in [1.54, 1.807) is 25.1 Å². The van der Waals surface area contributed by atoms with Crippen LogP contribution in [0.5, 0.6) is 0 Å². The number of ether oxygens (including phenoxy) is 1. The zero-order chi connectivity index (χ0) is 12.1. The molecule has 1 aromatic carbocycles. The Kier molecular flexibility index (Phi) is 4.86. The molecule has 0 amide bonds. The van der Waals surface area contributed by atoms with E-state index in [2.05, 4.69) is 5.16 Å². The second-order valence-electron chi connectivity index (χ2n) is 3.00. The van der Waals surface area contributed by atoms with Gasteiger partial charge in [0.25, 0.3) is 0 Å². The van der Waals surface area contributed by atoms with Crippen LogP contribution < -0.4 is 5.73 Å². The number of halogens is 2. The Balaban J connectivity index is 3.20. The molecule has 0 bridgehead atoms. The number of rotatable bonds is 4.